The largest absolute Gasteiger partial charge is 0.378 e. The minimum atomic E-state index is 0.504. The first-order valence-electron chi connectivity index (χ1n) is 10.8. The number of anilines is 5. The molecule has 4 aromatic rings. The molecule has 0 saturated carbocycles. The van der Waals surface area contributed by atoms with E-state index < -0.39 is 0 Å². The van der Waals surface area contributed by atoms with Gasteiger partial charge in [-0.15, -0.1) is 0 Å². The summed E-state index contributed by atoms with van der Waals surface area (Å²) in [7, 11) is 0. The third-order valence-corrected chi connectivity index (χ3v) is 5.72. The van der Waals surface area contributed by atoms with Crippen LogP contribution in [0.25, 0.3) is 10.8 Å². The molecule has 32 heavy (non-hydrogen) atoms. The van der Waals surface area contributed by atoms with Crippen molar-refractivity contribution in [3.8, 4) is 0 Å². The van der Waals surface area contributed by atoms with Crippen LogP contribution < -0.4 is 15.5 Å². The number of aromatic nitrogens is 3. The van der Waals surface area contributed by atoms with Gasteiger partial charge in [-0.1, -0.05) is 42.5 Å². The SMILES string of the molecule is Cc1ccc(Nc2nc(Nc3cccc4ccccc34)nc(N3CCOCC3)n2)cc1C. The van der Waals surface area contributed by atoms with E-state index >= 15 is 0 Å². The minimum Gasteiger partial charge on any atom is -0.378 e. The standard InChI is InChI=1S/C25H26N6O/c1-17-10-11-20(16-18(17)2)26-23-28-24(30-25(29-23)31-12-14-32-15-13-31)27-22-9-5-7-19-6-3-4-8-21(19)22/h3-11,16H,12-15H2,1-2H3,(H2,26,27,28,29,30). The van der Waals surface area contributed by atoms with Crippen molar-refractivity contribution in [3.63, 3.8) is 0 Å². The number of nitrogens with one attached hydrogen (secondary N) is 2. The molecule has 0 amide bonds. The highest BCUT2D eigenvalue weighted by Gasteiger charge is 2.17. The van der Waals surface area contributed by atoms with Gasteiger partial charge < -0.3 is 20.3 Å². The molecule has 162 valence electrons. The Kier molecular flexibility index (Phi) is 5.56. The van der Waals surface area contributed by atoms with Crippen LogP contribution in [0.3, 0.4) is 0 Å². The van der Waals surface area contributed by atoms with E-state index in [4.69, 9.17) is 14.7 Å². The lowest BCUT2D eigenvalue weighted by Crippen LogP contribution is -2.37. The molecular weight excluding hydrogens is 400 g/mol. The zero-order valence-electron chi connectivity index (χ0n) is 18.3. The van der Waals surface area contributed by atoms with E-state index in [0.29, 0.717) is 31.1 Å². The molecule has 3 aromatic carbocycles. The number of benzene rings is 3. The fourth-order valence-corrected chi connectivity index (χ4v) is 3.78. The van der Waals surface area contributed by atoms with E-state index in [1.54, 1.807) is 0 Å². The van der Waals surface area contributed by atoms with Crippen molar-refractivity contribution in [2.45, 2.75) is 13.8 Å². The summed E-state index contributed by atoms with van der Waals surface area (Å²) in [5.41, 5.74) is 4.37. The van der Waals surface area contributed by atoms with Gasteiger partial charge in [0.2, 0.25) is 17.8 Å². The molecule has 0 spiro atoms. The maximum absolute atomic E-state index is 5.50. The zero-order chi connectivity index (χ0) is 21.9. The number of fused-ring (bicyclic) bond motifs is 1. The van der Waals surface area contributed by atoms with Gasteiger partial charge >= 0.3 is 0 Å². The number of hydrogen-bond donors (Lipinski definition) is 2. The van der Waals surface area contributed by atoms with Gasteiger partial charge in [0.15, 0.2) is 0 Å². The summed E-state index contributed by atoms with van der Waals surface area (Å²) >= 11 is 0. The summed E-state index contributed by atoms with van der Waals surface area (Å²) in [6, 6.07) is 20.7. The second-order valence-electron chi connectivity index (χ2n) is 7.96. The quantitative estimate of drug-likeness (QED) is 0.467. The highest BCUT2D eigenvalue weighted by Crippen LogP contribution is 2.27. The average Bonchev–Trinajstić information content (AvgIpc) is 2.82. The van der Waals surface area contributed by atoms with Crippen molar-refractivity contribution in [2.24, 2.45) is 0 Å². The van der Waals surface area contributed by atoms with Crippen molar-refractivity contribution < 1.29 is 4.74 Å². The van der Waals surface area contributed by atoms with E-state index in [1.165, 1.54) is 11.1 Å². The Morgan fingerprint density at radius 3 is 2.34 bits per heavy atom. The Bertz CT molecular complexity index is 1250. The Morgan fingerprint density at radius 2 is 1.53 bits per heavy atom. The maximum Gasteiger partial charge on any atom is 0.233 e. The molecule has 0 aliphatic carbocycles. The topological polar surface area (TPSA) is 75.2 Å². The van der Waals surface area contributed by atoms with Crippen LogP contribution in [0, 0.1) is 13.8 Å². The molecule has 0 bridgehead atoms. The van der Waals surface area contributed by atoms with E-state index in [-0.39, 0.29) is 0 Å². The van der Waals surface area contributed by atoms with Crippen LogP contribution in [-0.4, -0.2) is 41.3 Å². The summed E-state index contributed by atoms with van der Waals surface area (Å²) in [6.07, 6.45) is 0. The van der Waals surface area contributed by atoms with Gasteiger partial charge in [-0.2, -0.15) is 15.0 Å². The van der Waals surface area contributed by atoms with E-state index in [1.807, 2.05) is 30.3 Å². The number of nitrogens with zero attached hydrogens (tertiary/aromatic N) is 4. The van der Waals surface area contributed by atoms with Crippen LogP contribution in [0.15, 0.2) is 60.7 Å². The van der Waals surface area contributed by atoms with E-state index in [9.17, 15) is 0 Å². The van der Waals surface area contributed by atoms with Crippen LogP contribution in [0.4, 0.5) is 29.2 Å². The summed E-state index contributed by atoms with van der Waals surface area (Å²) < 4.78 is 5.50. The molecule has 7 nitrogen and oxygen atoms in total. The van der Waals surface area contributed by atoms with Gasteiger partial charge in [0.05, 0.1) is 13.2 Å². The van der Waals surface area contributed by atoms with Gasteiger partial charge in [0.25, 0.3) is 0 Å². The number of morpholine rings is 1. The normalized spacial score (nSPS) is 13.9. The van der Waals surface area contributed by atoms with Crippen LogP contribution in [0.5, 0.6) is 0 Å². The molecule has 1 aromatic heterocycles. The van der Waals surface area contributed by atoms with E-state index in [2.05, 4.69) is 64.7 Å². The lowest BCUT2D eigenvalue weighted by molar-refractivity contribution is 0.122. The van der Waals surface area contributed by atoms with E-state index in [0.717, 1.165) is 35.2 Å². The predicted molar refractivity (Wildman–Crippen MR) is 129 cm³/mol. The number of hydrogen-bond acceptors (Lipinski definition) is 7. The van der Waals surface area contributed by atoms with Gasteiger partial charge in [-0.3, -0.25) is 0 Å². The summed E-state index contributed by atoms with van der Waals surface area (Å²) in [5, 5.41) is 9.05. The van der Waals surface area contributed by atoms with Gasteiger partial charge in [0, 0.05) is 29.9 Å². The van der Waals surface area contributed by atoms with Crippen LogP contribution in [0.2, 0.25) is 0 Å². The lowest BCUT2D eigenvalue weighted by atomic mass is 10.1. The molecule has 2 heterocycles. The first-order valence-corrected chi connectivity index (χ1v) is 10.8. The Balaban J connectivity index is 1.51. The summed E-state index contributed by atoms with van der Waals surface area (Å²) in [4.78, 5) is 16.2. The van der Waals surface area contributed by atoms with Crippen molar-refractivity contribution in [1.29, 1.82) is 0 Å². The molecule has 0 unspecified atom stereocenters. The highest BCUT2D eigenvalue weighted by atomic mass is 16.5. The molecule has 0 atom stereocenters. The third kappa shape index (κ3) is 4.33. The second kappa shape index (κ2) is 8.80. The minimum absolute atomic E-state index is 0.504. The fourth-order valence-electron chi connectivity index (χ4n) is 3.78. The first kappa shape index (κ1) is 20.2. The van der Waals surface area contributed by atoms with Crippen LogP contribution >= 0.6 is 0 Å². The summed E-state index contributed by atoms with van der Waals surface area (Å²) in [6.45, 7) is 7.03. The van der Waals surface area contributed by atoms with Crippen molar-refractivity contribution in [1.82, 2.24) is 15.0 Å². The fraction of sp³-hybridized carbons (Fsp3) is 0.240. The Labute approximate surface area is 187 Å². The van der Waals surface area contributed by atoms with Gasteiger partial charge in [-0.05, 0) is 48.6 Å². The Morgan fingerprint density at radius 1 is 0.781 bits per heavy atom. The van der Waals surface area contributed by atoms with Gasteiger partial charge in [0.1, 0.15) is 0 Å². The number of ether oxygens (including phenoxy) is 1. The average molecular weight is 427 g/mol. The lowest BCUT2D eigenvalue weighted by Gasteiger charge is -2.27. The monoisotopic (exact) mass is 426 g/mol. The predicted octanol–water partition coefficient (Wildman–Crippen LogP) is 4.97. The third-order valence-electron chi connectivity index (χ3n) is 5.72. The molecule has 1 aliphatic heterocycles. The molecule has 5 rings (SSSR count). The zero-order valence-corrected chi connectivity index (χ0v) is 18.3. The molecule has 1 fully saturated rings. The molecule has 7 heteroatoms. The molecule has 0 radical (unpaired) electrons. The van der Waals surface area contributed by atoms with Crippen molar-refractivity contribution >= 4 is 40.0 Å². The van der Waals surface area contributed by atoms with Crippen molar-refractivity contribution in [3.05, 3.63) is 71.8 Å². The summed E-state index contributed by atoms with van der Waals surface area (Å²) in [5.74, 6) is 1.65. The molecule has 1 saturated heterocycles. The molecular formula is C25H26N6O. The Hall–Kier alpha value is -3.71. The molecule has 1 aliphatic rings. The van der Waals surface area contributed by atoms with Crippen LogP contribution in [-0.2, 0) is 4.74 Å². The maximum atomic E-state index is 5.50. The second-order valence-corrected chi connectivity index (χ2v) is 7.96. The number of rotatable bonds is 5. The van der Waals surface area contributed by atoms with Crippen LogP contribution in [0.1, 0.15) is 11.1 Å². The highest BCUT2D eigenvalue weighted by molar-refractivity contribution is 5.94. The first-order chi connectivity index (χ1) is 15.7. The van der Waals surface area contributed by atoms with Gasteiger partial charge in [-0.25, -0.2) is 0 Å². The number of aryl methyl sites for hydroxylation is 2. The van der Waals surface area contributed by atoms with Crippen molar-refractivity contribution in [2.75, 3.05) is 41.8 Å². The smallest absolute Gasteiger partial charge is 0.233 e. The molecule has 2 N–H and O–H groups in total.